The zero-order chi connectivity index (χ0) is 10.4. The van der Waals surface area contributed by atoms with E-state index in [0.29, 0.717) is 7.18 Å². The molecule has 0 spiro atoms. The SMILES string of the molecule is C=CC1=C(C=C)C(=O)OC1=O.CF. The molecule has 13 heavy (non-hydrogen) atoms. The van der Waals surface area contributed by atoms with Crippen molar-refractivity contribution in [2.24, 2.45) is 0 Å². The van der Waals surface area contributed by atoms with E-state index < -0.39 is 11.9 Å². The van der Waals surface area contributed by atoms with E-state index in [1.165, 1.54) is 12.2 Å². The summed E-state index contributed by atoms with van der Waals surface area (Å²) >= 11 is 0. The summed E-state index contributed by atoms with van der Waals surface area (Å²) in [6.07, 6.45) is 2.56. The number of hydrogen-bond donors (Lipinski definition) is 0. The van der Waals surface area contributed by atoms with Gasteiger partial charge in [0.2, 0.25) is 0 Å². The van der Waals surface area contributed by atoms with Crippen LogP contribution in [0.15, 0.2) is 36.5 Å². The zero-order valence-electron chi connectivity index (χ0n) is 7.17. The van der Waals surface area contributed by atoms with Gasteiger partial charge in [-0.05, 0) is 0 Å². The van der Waals surface area contributed by atoms with Gasteiger partial charge in [-0.1, -0.05) is 25.3 Å². The molecular formula is C9H9FO3. The number of carbonyl (C=O) groups excluding carboxylic acids is 2. The number of rotatable bonds is 2. The van der Waals surface area contributed by atoms with Gasteiger partial charge in [0.1, 0.15) is 0 Å². The highest BCUT2D eigenvalue weighted by Gasteiger charge is 2.28. The maximum absolute atomic E-state index is 10.8. The summed E-state index contributed by atoms with van der Waals surface area (Å²) in [4.78, 5) is 21.5. The molecule has 0 aromatic carbocycles. The van der Waals surface area contributed by atoms with Crippen molar-refractivity contribution < 1.29 is 18.7 Å². The van der Waals surface area contributed by atoms with Crippen LogP contribution >= 0.6 is 0 Å². The first-order valence-electron chi connectivity index (χ1n) is 3.34. The second-order valence-electron chi connectivity index (χ2n) is 1.91. The Kier molecular flexibility index (Phi) is 4.37. The molecule has 0 N–H and O–H groups in total. The maximum Gasteiger partial charge on any atom is 0.346 e. The largest absolute Gasteiger partial charge is 0.386 e. The lowest BCUT2D eigenvalue weighted by Crippen LogP contribution is -2.00. The third-order valence-electron chi connectivity index (χ3n) is 1.32. The molecule has 0 fully saturated rings. The van der Waals surface area contributed by atoms with E-state index in [1.807, 2.05) is 0 Å². The van der Waals surface area contributed by atoms with E-state index >= 15 is 0 Å². The van der Waals surface area contributed by atoms with Gasteiger partial charge in [-0.15, -0.1) is 0 Å². The second-order valence-corrected chi connectivity index (χ2v) is 1.91. The molecule has 0 radical (unpaired) electrons. The van der Waals surface area contributed by atoms with Gasteiger partial charge in [-0.3, -0.25) is 4.39 Å². The predicted octanol–water partition coefficient (Wildman–Crippen LogP) is 1.32. The molecule has 1 rings (SSSR count). The van der Waals surface area contributed by atoms with Gasteiger partial charge in [-0.25, -0.2) is 9.59 Å². The molecule has 0 unspecified atom stereocenters. The van der Waals surface area contributed by atoms with Gasteiger partial charge in [-0.2, -0.15) is 0 Å². The van der Waals surface area contributed by atoms with Gasteiger partial charge < -0.3 is 4.74 Å². The van der Waals surface area contributed by atoms with Gasteiger partial charge >= 0.3 is 11.9 Å². The van der Waals surface area contributed by atoms with Crippen molar-refractivity contribution >= 4 is 11.9 Å². The van der Waals surface area contributed by atoms with Crippen LogP contribution in [-0.4, -0.2) is 19.1 Å². The average molecular weight is 184 g/mol. The predicted molar refractivity (Wildman–Crippen MR) is 45.6 cm³/mol. The minimum Gasteiger partial charge on any atom is -0.386 e. The van der Waals surface area contributed by atoms with Crippen molar-refractivity contribution in [1.29, 1.82) is 0 Å². The van der Waals surface area contributed by atoms with Crippen LogP contribution in [0.3, 0.4) is 0 Å². The lowest BCUT2D eigenvalue weighted by atomic mass is 10.1. The van der Waals surface area contributed by atoms with E-state index in [0.717, 1.165) is 0 Å². The minimum atomic E-state index is -0.653. The van der Waals surface area contributed by atoms with Gasteiger partial charge in [0.15, 0.2) is 0 Å². The van der Waals surface area contributed by atoms with Crippen molar-refractivity contribution in [1.82, 2.24) is 0 Å². The molecular weight excluding hydrogens is 175 g/mol. The van der Waals surface area contributed by atoms with Crippen molar-refractivity contribution in [3.05, 3.63) is 36.5 Å². The molecule has 0 aromatic heterocycles. The Morgan fingerprint density at radius 3 is 1.62 bits per heavy atom. The molecule has 0 atom stereocenters. The van der Waals surface area contributed by atoms with Gasteiger partial charge in [0.05, 0.1) is 18.3 Å². The van der Waals surface area contributed by atoms with Crippen molar-refractivity contribution in [2.45, 2.75) is 0 Å². The fraction of sp³-hybridized carbons (Fsp3) is 0.111. The molecule has 0 saturated heterocycles. The van der Waals surface area contributed by atoms with E-state index in [1.54, 1.807) is 0 Å². The molecule has 0 aromatic rings. The average Bonchev–Trinajstić information content (AvgIpc) is 2.43. The summed E-state index contributed by atoms with van der Waals surface area (Å²) in [5.41, 5.74) is 0.370. The Balaban J connectivity index is 0.000000671. The minimum absolute atomic E-state index is 0.185. The highest BCUT2D eigenvalue weighted by molar-refractivity contribution is 6.15. The van der Waals surface area contributed by atoms with E-state index in [-0.39, 0.29) is 11.1 Å². The summed E-state index contributed by atoms with van der Waals surface area (Å²) in [6, 6.07) is 0. The molecule has 70 valence electrons. The number of esters is 2. The Hall–Kier alpha value is -1.71. The summed E-state index contributed by atoms with van der Waals surface area (Å²) in [5.74, 6) is -1.31. The Morgan fingerprint density at radius 2 is 1.38 bits per heavy atom. The Bertz CT molecular complexity index is 261. The molecule has 1 aliphatic rings. The third-order valence-corrected chi connectivity index (χ3v) is 1.32. The highest BCUT2D eigenvalue weighted by Crippen LogP contribution is 2.18. The van der Waals surface area contributed by atoms with E-state index in [4.69, 9.17) is 0 Å². The van der Waals surface area contributed by atoms with Crippen LogP contribution in [-0.2, 0) is 14.3 Å². The molecule has 0 aliphatic carbocycles. The van der Waals surface area contributed by atoms with Crippen molar-refractivity contribution in [2.75, 3.05) is 7.18 Å². The smallest absolute Gasteiger partial charge is 0.346 e. The summed E-state index contributed by atoms with van der Waals surface area (Å²) < 4.78 is 13.8. The first kappa shape index (κ1) is 11.3. The standard InChI is InChI=1S/C8H6O3.CH3F/c1-3-5-6(4-2)8(10)11-7(5)9;1-2/h3-4H,1-2H2;1H3. The number of alkyl halides is 1. The number of ether oxygens (including phenoxy) is 1. The fourth-order valence-electron chi connectivity index (χ4n) is 0.801. The third kappa shape index (κ3) is 2.11. The quantitative estimate of drug-likeness (QED) is 0.480. The van der Waals surface area contributed by atoms with Gasteiger partial charge in [0.25, 0.3) is 0 Å². The Morgan fingerprint density at radius 1 is 1.08 bits per heavy atom. The first-order valence-corrected chi connectivity index (χ1v) is 3.34. The first-order chi connectivity index (χ1) is 6.20. The zero-order valence-corrected chi connectivity index (χ0v) is 7.17. The van der Waals surface area contributed by atoms with Crippen LogP contribution in [0.1, 0.15) is 0 Å². The maximum atomic E-state index is 10.8. The van der Waals surface area contributed by atoms with Crippen LogP contribution in [0.4, 0.5) is 4.39 Å². The molecule has 0 bridgehead atoms. The molecule has 4 heteroatoms. The summed E-state index contributed by atoms with van der Waals surface area (Å²) in [7, 11) is 0.500. The fourth-order valence-corrected chi connectivity index (χ4v) is 0.801. The number of carbonyl (C=O) groups is 2. The van der Waals surface area contributed by atoms with E-state index in [2.05, 4.69) is 17.9 Å². The van der Waals surface area contributed by atoms with E-state index in [9.17, 15) is 14.0 Å². The molecule has 0 saturated carbocycles. The van der Waals surface area contributed by atoms with Crippen LogP contribution in [0, 0.1) is 0 Å². The molecule has 1 aliphatic heterocycles. The van der Waals surface area contributed by atoms with Crippen molar-refractivity contribution in [3.8, 4) is 0 Å². The number of cyclic esters (lactones) is 2. The normalized spacial score (nSPS) is 14.6. The van der Waals surface area contributed by atoms with Gasteiger partial charge in [0, 0.05) is 0 Å². The molecule has 0 amide bonds. The number of halogens is 1. The molecule has 1 heterocycles. The Labute approximate surface area is 75.2 Å². The topological polar surface area (TPSA) is 43.4 Å². The summed E-state index contributed by atoms with van der Waals surface area (Å²) in [5, 5.41) is 0. The van der Waals surface area contributed by atoms with Crippen LogP contribution in [0.2, 0.25) is 0 Å². The monoisotopic (exact) mass is 184 g/mol. The second kappa shape index (κ2) is 5.03. The van der Waals surface area contributed by atoms with Crippen LogP contribution in [0.25, 0.3) is 0 Å². The summed E-state index contributed by atoms with van der Waals surface area (Å²) in [6.45, 7) is 6.73. The molecule has 3 nitrogen and oxygen atoms in total. The van der Waals surface area contributed by atoms with Crippen LogP contribution < -0.4 is 0 Å². The number of hydrogen-bond acceptors (Lipinski definition) is 3. The highest BCUT2D eigenvalue weighted by atomic mass is 19.1. The van der Waals surface area contributed by atoms with Crippen molar-refractivity contribution in [3.63, 3.8) is 0 Å². The lowest BCUT2D eigenvalue weighted by Gasteiger charge is -1.84. The van der Waals surface area contributed by atoms with Crippen LogP contribution in [0.5, 0.6) is 0 Å². The lowest BCUT2D eigenvalue weighted by molar-refractivity contribution is -0.150.